The highest BCUT2D eigenvalue weighted by Crippen LogP contribution is 2.40. The minimum Gasteiger partial charge on any atom is -0.508 e. The number of aryl methyl sites for hydroxylation is 1. The molecular formula is C17H21N5O2. The van der Waals surface area contributed by atoms with E-state index in [1.54, 1.807) is 17.7 Å². The fourth-order valence-electron chi connectivity index (χ4n) is 3.25. The van der Waals surface area contributed by atoms with Crippen LogP contribution in [0.4, 0.5) is 5.82 Å². The van der Waals surface area contributed by atoms with Crippen LogP contribution in [0.2, 0.25) is 0 Å². The fourth-order valence-corrected chi connectivity index (χ4v) is 3.25. The number of allylic oxidation sites excluding steroid dienone is 3. The standard InChI is InChI=1S/C17H21N5O2/c1-7-5-11(23)10(4)14(9(7)3)22-15(18)12(16(19)24)13-17(22)20-6-8(2)21-13/h5-7,9,23H,18H2,1-4H3,(H2,19,24). The van der Waals surface area contributed by atoms with Crippen LogP contribution in [-0.2, 0) is 0 Å². The molecule has 3 rings (SSSR count). The molecular weight excluding hydrogens is 306 g/mol. The van der Waals surface area contributed by atoms with Crippen LogP contribution in [0.5, 0.6) is 0 Å². The molecule has 5 N–H and O–H groups in total. The van der Waals surface area contributed by atoms with Crippen molar-refractivity contribution in [3.63, 3.8) is 0 Å². The van der Waals surface area contributed by atoms with Crippen LogP contribution in [0.1, 0.15) is 36.8 Å². The van der Waals surface area contributed by atoms with E-state index in [9.17, 15) is 9.90 Å². The molecule has 24 heavy (non-hydrogen) atoms. The van der Waals surface area contributed by atoms with E-state index >= 15 is 0 Å². The first-order chi connectivity index (χ1) is 11.2. The molecule has 2 atom stereocenters. The van der Waals surface area contributed by atoms with Crippen molar-refractivity contribution < 1.29 is 9.90 Å². The molecule has 2 aromatic rings. The summed E-state index contributed by atoms with van der Waals surface area (Å²) < 4.78 is 1.70. The molecule has 7 nitrogen and oxygen atoms in total. The lowest BCUT2D eigenvalue weighted by atomic mass is 9.84. The first-order valence-electron chi connectivity index (χ1n) is 7.79. The molecule has 2 unspecified atom stereocenters. The number of nitrogens with zero attached hydrogens (tertiary/aromatic N) is 3. The second kappa shape index (κ2) is 5.36. The molecule has 0 aromatic carbocycles. The molecule has 0 bridgehead atoms. The van der Waals surface area contributed by atoms with E-state index in [0.717, 1.165) is 5.70 Å². The molecule has 1 amide bonds. The number of aromatic nitrogens is 3. The number of aliphatic hydroxyl groups excluding tert-OH is 1. The molecule has 2 aromatic heterocycles. The molecule has 0 saturated carbocycles. The Morgan fingerprint density at radius 1 is 1.33 bits per heavy atom. The van der Waals surface area contributed by atoms with E-state index < -0.39 is 5.91 Å². The Morgan fingerprint density at radius 2 is 2.00 bits per heavy atom. The zero-order valence-electron chi connectivity index (χ0n) is 14.2. The highest BCUT2D eigenvalue weighted by Gasteiger charge is 2.31. The number of fused-ring (bicyclic) bond motifs is 1. The number of nitrogen functional groups attached to an aromatic ring is 1. The summed E-state index contributed by atoms with van der Waals surface area (Å²) in [6.45, 7) is 7.67. The van der Waals surface area contributed by atoms with Crippen LogP contribution in [0, 0.1) is 18.8 Å². The first kappa shape index (κ1) is 16.0. The average molecular weight is 327 g/mol. The van der Waals surface area contributed by atoms with Crippen molar-refractivity contribution >= 4 is 28.6 Å². The Kier molecular flexibility index (Phi) is 3.59. The second-order valence-electron chi connectivity index (χ2n) is 6.35. The third-order valence-electron chi connectivity index (χ3n) is 4.72. The zero-order chi connectivity index (χ0) is 17.8. The number of rotatable bonds is 2. The van der Waals surface area contributed by atoms with E-state index in [0.29, 0.717) is 22.4 Å². The molecule has 0 fully saturated rings. The van der Waals surface area contributed by atoms with Gasteiger partial charge in [-0.15, -0.1) is 0 Å². The normalized spacial score (nSPS) is 21.2. The quantitative estimate of drug-likeness (QED) is 0.782. The number of carbonyl (C=O) groups excluding carboxylic acids is 1. The van der Waals surface area contributed by atoms with Gasteiger partial charge in [0.05, 0.1) is 11.9 Å². The van der Waals surface area contributed by atoms with Crippen molar-refractivity contribution in [2.24, 2.45) is 17.6 Å². The van der Waals surface area contributed by atoms with Gasteiger partial charge < -0.3 is 16.6 Å². The molecule has 7 heteroatoms. The third kappa shape index (κ3) is 2.16. The summed E-state index contributed by atoms with van der Waals surface area (Å²) in [5.74, 6) is -0.0620. The number of carbonyl (C=O) groups is 1. The fraction of sp³-hybridized carbons (Fsp3) is 0.353. The van der Waals surface area contributed by atoms with Gasteiger partial charge in [0.25, 0.3) is 5.91 Å². The minimum absolute atomic E-state index is 0.0719. The predicted octanol–water partition coefficient (Wildman–Crippen LogP) is 2.38. The summed E-state index contributed by atoms with van der Waals surface area (Å²) in [6.07, 6.45) is 3.43. The predicted molar refractivity (Wildman–Crippen MR) is 93.1 cm³/mol. The Labute approximate surface area is 139 Å². The monoisotopic (exact) mass is 327 g/mol. The van der Waals surface area contributed by atoms with Crippen molar-refractivity contribution in [1.29, 1.82) is 0 Å². The van der Waals surface area contributed by atoms with E-state index in [4.69, 9.17) is 11.5 Å². The Hall–Kier alpha value is -2.83. The molecule has 0 aliphatic heterocycles. The number of hydrogen-bond acceptors (Lipinski definition) is 5. The summed E-state index contributed by atoms with van der Waals surface area (Å²) in [5.41, 5.74) is 15.0. The van der Waals surface area contributed by atoms with E-state index in [1.807, 2.05) is 26.8 Å². The SMILES string of the molecule is CC1=C(n2c(N)c(C(N)=O)c3nc(C)cnc32)C(C)C(C)C=C1O. The van der Waals surface area contributed by atoms with Crippen LogP contribution in [0.15, 0.2) is 23.6 Å². The number of nitrogens with two attached hydrogens (primary N) is 2. The summed E-state index contributed by atoms with van der Waals surface area (Å²) >= 11 is 0. The third-order valence-corrected chi connectivity index (χ3v) is 4.72. The maximum absolute atomic E-state index is 11.9. The maximum Gasteiger partial charge on any atom is 0.254 e. The topological polar surface area (TPSA) is 120 Å². The molecule has 1 aliphatic rings. The van der Waals surface area contributed by atoms with Gasteiger partial charge in [-0.3, -0.25) is 9.36 Å². The van der Waals surface area contributed by atoms with Gasteiger partial charge in [0.2, 0.25) is 0 Å². The van der Waals surface area contributed by atoms with Crippen LogP contribution in [-0.4, -0.2) is 25.5 Å². The molecule has 0 radical (unpaired) electrons. The summed E-state index contributed by atoms with van der Waals surface area (Å²) in [4.78, 5) is 20.7. The van der Waals surface area contributed by atoms with E-state index in [1.165, 1.54) is 0 Å². The van der Waals surface area contributed by atoms with Gasteiger partial charge in [0.1, 0.15) is 22.7 Å². The van der Waals surface area contributed by atoms with Crippen molar-refractivity contribution in [2.75, 3.05) is 5.73 Å². The van der Waals surface area contributed by atoms with Crippen molar-refractivity contribution in [1.82, 2.24) is 14.5 Å². The van der Waals surface area contributed by atoms with Crippen LogP contribution >= 0.6 is 0 Å². The highest BCUT2D eigenvalue weighted by atomic mass is 16.3. The van der Waals surface area contributed by atoms with Crippen molar-refractivity contribution in [3.8, 4) is 0 Å². The number of aliphatic hydroxyl groups is 1. The summed E-state index contributed by atoms with van der Waals surface area (Å²) in [6, 6.07) is 0. The maximum atomic E-state index is 11.9. The van der Waals surface area contributed by atoms with E-state index in [2.05, 4.69) is 9.97 Å². The highest BCUT2D eigenvalue weighted by molar-refractivity contribution is 6.10. The van der Waals surface area contributed by atoms with Gasteiger partial charge in [0.15, 0.2) is 5.65 Å². The van der Waals surface area contributed by atoms with Gasteiger partial charge in [-0.2, -0.15) is 0 Å². The average Bonchev–Trinajstić information content (AvgIpc) is 2.77. The lowest BCUT2D eigenvalue weighted by Gasteiger charge is -2.29. The smallest absolute Gasteiger partial charge is 0.254 e. The van der Waals surface area contributed by atoms with Gasteiger partial charge >= 0.3 is 0 Å². The zero-order valence-corrected chi connectivity index (χ0v) is 14.2. The Balaban J connectivity index is 2.43. The summed E-state index contributed by atoms with van der Waals surface area (Å²) in [5, 5.41) is 10.2. The van der Waals surface area contributed by atoms with Crippen LogP contribution in [0.3, 0.4) is 0 Å². The first-order valence-corrected chi connectivity index (χ1v) is 7.79. The van der Waals surface area contributed by atoms with E-state index in [-0.39, 0.29) is 29.0 Å². The van der Waals surface area contributed by atoms with Gasteiger partial charge in [-0.1, -0.05) is 13.8 Å². The van der Waals surface area contributed by atoms with Crippen molar-refractivity contribution in [2.45, 2.75) is 27.7 Å². The number of hydrogen-bond donors (Lipinski definition) is 3. The number of primary amides is 1. The molecule has 2 heterocycles. The summed E-state index contributed by atoms with van der Waals surface area (Å²) in [7, 11) is 0. The van der Waals surface area contributed by atoms with Crippen LogP contribution < -0.4 is 11.5 Å². The minimum atomic E-state index is -0.648. The lowest BCUT2D eigenvalue weighted by molar-refractivity contribution is 0.100. The lowest BCUT2D eigenvalue weighted by Crippen LogP contribution is -2.21. The van der Waals surface area contributed by atoms with Gasteiger partial charge in [-0.25, -0.2) is 9.97 Å². The van der Waals surface area contributed by atoms with Crippen molar-refractivity contribution in [3.05, 3.63) is 34.9 Å². The van der Waals surface area contributed by atoms with Gasteiger partial charge in [0, 0.05) is 17.2 Å². The molecule has 0 spiro atoms. The number of anilines is 1. The largest absolute Gasteiger partial charge is 0.508 e. The Morgan fingerprint density at radius 3 is 2.62 bits per heavy atom. The molecule has 1 aliphatic carbocycles. The second-order valence-corrected chi connectivity index (χ2v) is 6.35. The van der Waals surface area contributed by atoms with Gasteiger partial charge in [-0.05, 0) is 25.8 Å². The number of amides is 1. The Bertz CT molecular complexity index is 923. The molecule has 0 saturated heterocycles. The molecule has 126 valence electrons. The van der Waals surface area contributed by atoms with Crippen LogP contribution in [0.25, 0.3) is 16.9 Å².